The van der Waals surface area contributed by atoms with Crippen LogP contribution in [0.4, 0.5) is 0 Å². The first-order chi connectivity index (χ1) is 11.0. The lowest BCUT2D eigenvalue weighted by atomic mass is 10.1. The maximum atomic E-state index is 12.3. The second-order valence-electron chi connectivity index (χ2n) is 7.26. The van der Waals surface area contributed by atoms with Gasteiger partial charge in [0.15, 0.2) is 0 Å². The van der Waals surface area contributed by atoms with Crippen molar-refractivity contribution in [1.29, 1.82) is 0 Å². The van der Waals surface area contributed by atoms with E-state index in [9.17, 15) is 8.42 Å². The molecule has 6 nitrogen and oxygen atoms in total. The first-order valence-corrected chi connectivity index (χ1v) is 10.2. The Bertz CT molecular complexity index is 656. The van der Waals surface area contributed by atoms with E-state index in [1.165, 1.54) is 12.8 Å². The molecule has 0 radical (unpaired) electrons. The summed E-state index contributed by atoms with van der Waals surface area (Å²) >= 11 is 0. The molecule has 1 aromatic rings. The molecule has 7 heteroatoms. The monoisotopic (exact) mass is 339 g/mol. The number of rotatable bonds is 6. The molecule has 2 heterocycles. The summed E-state index contributed by atoms with van der Waals surface area (Å²) in [4.78, 5) is 2.35. The Hall–Kier alpha value is -0.920. The second-order valence-corrected chi connectivity index (χ2v) is 9.54. The van der Waals surface area contributed by atoms with E-state index in [1.54, 1.807) is 11.4 Å². The minimum Gasteiger partial charge on any atom is -0.361 e. The van der Waals surface area contributed by atoms with Crippen molar-refractivity contribution in [2.75, 3.05) is 20.1 Å². The Labute approximate surface area is 137 Å². The molecule has 0 aromatic carbocycles. The molecule has 2 aliphatic carbocycles. The van der Waals surface area contributed by atoms with E-state index in [-0.39, 0.29) is 11.3 Å². The van der Waals surface area contributed by atoms with Gasteiger partial charge in [0.05, 0.1) is 10.9 Å². The van der Waals surface area contributed by atoms with Crippen LogP contribution in [0.1, 0.15) is 55.9 Å². The highest BCUT2D eigenvalue weighted by Crippen LogP contribution is 2.40. The zero-order valence-corrected chi connectivity index (χ0v) is 14.5. The Kier molecular flexibility index (Phi) is 3.98. The van der Waals surface area contributed by atoms with Crippen LogP contribution in [-0.4, -0.2) is 54.2 Å². The smallest absolute Gasteiger partial charge is 0.216 e. The van der Waals surface area contributed by atoms with Crippen molar-refractivity contribution in [1.82, 2.24) is 14.4 Å². The van der Waals surface area contributed by atoms with Crippen molar-refractivity contribution in [3.05, 3.63) is 17.5 Å². The fraction of sp³-hybridized carbons (Fsp3) is 0.812. The van der Waals surface area contributed by atoms with Crippen LogP contribution >= 0.6 is 0 Å². The third-order valence-corrected chi connectivity index (χ3v) is 7.78. The highest BCUT2D eigenvalue weighted by Gasteiger charge is 2.41. The minimum atomic E-state index is -3.05. The molecule has 0 atom stereocenters. The molecule has 128 valence electrons. The summed E-state index contributed by atoms with van der Waals surface area (Å²) in [7, 11) is -1.30. The van der Waals surface area contributed by atoms with Gasteiger partial charge in [0, 0.05) is 44.7 Å². The van der Waals surface area contributed by atoms with E-state index < -0.39 is 10.0 Å². The fourth-order valence-electron chi connectivity index (χ4n) is 3.44. The molecule has 2 saturated carbocycles. The van der Waals surface area contributed by atoms with Gasteiger partial charge >= 0.3 is 0 Å². The van der Waals surface area contributed by atoms with E-state index in [0.29, 0.717) is 5.92 Å². The molecule has 3 fully saturated rings. The molecule has 0 amide bonds. The highest BCUT2D eigenvalue weighted by atomic mass is 32.2. The summed E-state index contributed by atoms with van der Waals surface area (Å²) in [5.41, 5.74) is 1.00. The highest BCUT2D eigenvalue weighted by molar-refractivity contribution is 7.90. The van der Waals surface area contributed by atoms with Crippen molar-refractivity contribution < 1.29 is 12.9 Å². The Morgan fingerprint density at radius 2 is 1.91 bits per heavy atom. The number of aromatic nitrogens is 1. The predicted octanol–water partition coefficient (Wildman–Crippen LogP) is 1.94. The van der Waals surface area contributed by atoms with Crippen LogP contribution < -0.4 is 0 Å². The van der Waals surface area contributed by atoms with Crippen LogP contribution in [0.15, 0.2) is 10.6 Å². The van der Waals surface area contributed by atoms with Crippen molar-refractivity contribution in [2.24, 2.45) is 0 Å². The topological polar surface area (TPSA) is 66.7 Å². The number of sulfonamides is 1. The molecule has 4 rings (SSSR count). The summed E-state index contributed by atoms with van der Waals surface area (Å²) in [6, 6.07) is 2.24. The average Bonchev–Trinajstić information content (AvgIpc) is 3.45. The SMILES string of the molecule is CN(C1CCN(Cc2cc(C3CC3)on2)CC1)S(=O)(=O)C1CC1. The van der Waals surface area contributed by atoms with Crippen LogP contribution in [0, 0.1) is 0 Å². The molecule has 3 aliphatic rings. The van der Waals surface area contributed by atoms with Gasteiger partial charge in [-0.05, 0) is 38.5 Å². The van der Waals surface area contributed by atoms with Gasteiger partial charge in [-0.3, -0.25) is 4.90 Å². The first kappa shape index (κ1) is 15.6. The fourth-order valence-corrected chi connectivity index (χ4v) is 5.27. The third-order valence-electron chi connectivity index (χ3n) is 5.36. The van der Waals surface area contributed by atoms with E-state index in [0.717, 1.165) is 56.8 Å². The van der Waals surface area contributed by atoms with E-state index >= 15 is 0 Å². The van der Waals surface area contributed by atoms with Gasteiger partial charge in [-0.25, -0.2) is 12.7 Å². The quantitative estimate of drug-likeness (QED) is 0.792. The number of hydrogen-bond donors (Lipinski definition) is 0. The summed E-state index contributed by atoms with van der Waals surface area (Å²) in [5, 5.41) is 4.06. The van der Waals surface area contributed by atoms with Gasteiger partial charge < -0.3 is 4.52 Å². The molecule has 0 bridgehead atoms. The predicted molar refractivity (Wildman–Crippen MR) is 86.5 cm³/mol. The van der Waals surface area contributed by atoms with E-state index in [1.807, 2.05) is 0 Å². The Balaban J connectivity index is 1.30. The van der Waals surface area contributed by atoms with Crippen LogP contribution in [0.3, 0.4) is 0 Å². The Morgan fingerprint density at radius 3 is 2.52 bits per heavy atom. The number of hydrogen-bond acceptors (Lipinski definition) is 5. The summed E-state index contributed by atoms with van der Waals surface area (Å²) in [5.74, 6) is 1.63. The lowest BCUT2D eigenvalue weighted by Crippen LogP contribution is -2.46. The van der Waals surface area contributed by atoms with Gasteiger partial charge in [-0.1, -0.05) is 5.16 Å². The van der Waals surface area contributed by atoms with Crippen LogP contribution in [0.2, 0.25) is 0 Å². The minimum absolute atomic E-state index is 0.110. The van der Waals surface area contributed by atoms with E-state index in [4.69, 9.17) is 4.52 Å². The summed E-state index contributed by atoms with van der Waals surface area (Å²) in [6.07, 6.45) is 5.91. The molecule has 23 heavy (non-hydrogen) atoms. The zero-order chi connectivity index (χ0) is 16.0. The van der Waals surface area contributed by atoms with Gasteiger partial charge in [0.1, 0.15) is 5.76 Å². The molecular weight excluding hydrogens is 314 g/mol. The molecule has 0 N–H and O–H groups in total. The molecule has 1 saturated heterocycles. The molecule has 1 aliphatic heterocycles. The maximum absolute atomic E-state index is 12.3. The first-order valence-electron chi connectivity index (χ1n) is 8.69. The standard InChI is InChI=1S/C16H25N3O3S/c1-18(23(20,21)15-4-5-15)14-6-8-19(9-7-14)11-13-10-16(22-17-13)12-2-3-12/h10,12,14-15H,2-9,11H2,1H3. The molecule has 1 aromatic heterocycles. The summed E-state index contributed by atoms with van der Waals surface area (Å²) < 4.78 is 31.7. The third kappa shape index (κ3) is 3.32. The van der Waals surface area contributed by atoms with Gasteiger partial charge in [-0.15, -0.1) is 0 Å². The maximum Gasteiger partial charge on any atom is 0.216 e. The van der Waals surface area contributed by atoms with Crippen molar-refractivity contribution in [2.45, 2.75) is 62.3 Å². The largest absolute Gasteiger partial charge is 0.361 e. The van der Waals surface area contributed by atoms with Crippen LogP contribution in [-0.2, 0) is 16.6 Å². The van der Waals surface area contributed by atoms with Crippen molar-refractivity contribution in [3.8, 4) is 0 Å². The zero-order valence-electron chi connectivity index (χ0n) is 13.6. The average molecular weight is 339 g/mol. The number of piperidine rings is 1. The number of nitrogens with zero attached hydrogens (tertiary/aromatic N) is 3. The van der Waals surface area contributed by atoms with E-state index in [2.05, 4.69) is 16.1 Å². The summed E-state index contributed by atoms with van der Waals surface area (Å²) in [6.45, 7) is 2.64. The van der Waals surface area contributed by atoms with Crippen LogP contribution in [0.5, 0.6) is 0 Å². The van der Waals surface area contributed by atoms with Crippen molar-refractivity contribution in [3.63, 3.8) is 0 Å². The Morgan fingerprint density at radius 1 is 1.22 bits per heavy atom. The second kappa shape index (κ2) is 5.86. The lowest BCUT2D eigenvalue weighted by Gasteiger charge is -2.35. The normalized spacial score (nSPS) is 24.4. The number of likely N-dealkylation sites (tertiary alicyclic amines) is 1. The molecule has 0 spiro atoms. The molecular formula is C16H25N3O3S. The van der Waals surface area contributed by atoms with Crippen LogP contribution in [0.25, 0.3) is 0 Å². The molecule has 0 unspecified atom stereocenters. The van der Waals surface area contributed by atoms with Gasteiger partial charge in [0.25, 0.3) is 0 Å². The van der Waals surface area contributed by atoms with Crippen molar-refractivity contribution >= 4 is 10.0 Å². The lowest BCUT2D eigenvalue weighted by molar-refractivity contribution is 0.160. The van der Waals surface area contributed by atoms with Gasteiger partial charge in [0.2, 0.25) is 10.0 Å². The van der Waals surface area contributed by atoms with Gasteiger partial charge in [-0.2, -0.15) is 0 Å².